The van der Waals surface area contributed by atoms with E-state index in [-0.39, 0.29) is 5.41 Å². The first-order valence-electron chi connectivity index (χ1n) is 24.7. The predicted molar refractivity (Wildman–Crippen MR) is 297 cm³/mol. The van der Waals surface area contributed by atoms with E-state index in [1.54, 1.807) is 0 Å². The van der Waals surface area contributed by atoms with Gasteiger partial charge in [-0.05, 0) is 106 Å². The summed E-state index contributed by atoms with van der Waals surface area (Å²) in [6.07, 6.45) is 0. The SMILES string of the molecule is CC1(C)c2cc(-c3nc(-c4ccccc4)nc(-n4c5ccccc5c5ccccc54)n3)ccc2-c2ccc(-n3c4ccccc4c4cc(-c5ccc6c7ccccc7n(-c7ccccc7)c6c5)ccc43)cc21. The Kier molecular flexibility index (Phi) is 8.61. The van der Waals surface area contributed by atoms with Crippen LogP contribution in [0.1, 0.15) is 25.0 Å². The fourth-order valence-corrected chi connectivity index (χ4v) is 11.9. The third-order valence-electron chi connectivity index (χ3n) is 15.3. The minimum Gasteiger partial charge on any atom is -0.309 e. The normalized spacial score (nSPS) is 13.0. The van der Waals surface area contributed by atoms with Crippen LogP contribution in [-0.2, 0) is 5.41 Å². The summed E-state index contributed by atoms with van der Waals surface area (Å²) in [5.41, 5.74) is 18.2. The van der Waals surface area contributed by atoms with Crippen molar-refractivity contribution in [1.82, 2.24) is 28.7 Å². The number of rotatable bonds is 6. The molecule has 338 valence electrons. The fourth-order valence-electron chi connectivity index (χ4n) is 11.9. The van der Waals surface area contributed by atoms with Crippen LogP contribution in [-0.4, -0.2) is 28.7 Å². The maximum absolute atomic E-state index is 5.30. The molecule has 0 bridgehead atoms. The van der Waals surface area contributed by atoms with Crippen LogP contribution in [0.25, 0.3) is 128 Å². The van der Waals surface area contributed by atoms with Gasteiger partial charge < -0.3 is 9.13 Å². The van der Waals surface area contributed by atoms with Crippen molar-refractivity contribution in [3.05, 3.63) is 242 Å². The fraction of sp³-hybridized carbons (Fsp3) is 0.0455. The molecule has 10 aromatic carbocycles. The molecular weight excluding hydrogens is 877 g/mol. The summed E-state index contributed by atoms with van der Waals surface area (Å²) in [4.78, 5) is 15.7. The Morgan fingerprint density at radius 1 is 0.292 bits per heavy atom. The molecule has 0 spiro atoms. The molecule has 0 saturated heterocycles. The second-order valence-electron chi connectivity index (χ2n) is 19.6. The van der Waals surface area contributed by atoms with Crippen LogP contribution in [0.3, 0.4) is 0 Å². The number of hydrogen-bond donors (Lipinski definition) is 0. The third-order valence-corrected chi connectivity index (χ3v) is 15.3. The molecule has 0 fully saturated rings. The average Bonchev–Trinajstić information content (AvgIpc) is 4.14. The van der Waals surface area contributed by atoms with Gasteiger partial charge in [0.05, 0.1) is 33.1 Å². The Morgan fingerprint density at radius 3 is 1.40 bits per heavy atom. The molecule has 0 saturated carbocycles. The second kappa shape index (κ2) is 15.3. The molecule has 0 unspecified atom stereocenters. The first kappa shape index (κ1) is 40.5. The molecule has 0 atom stereocenters. The third kappa shape index (κ3) is 5.93. The lowest BCUT2D eigenvalue weighted by Gasteiger charge is -2.23. The van der Waals surface area contributed by atoms with Gasteiger partial charge >= 0.3 is 0 Å². The lowest BCUT2D eigenvalue weighted by atomic mass is 9.82. The molecule has 14 aromatic rings. The molecule has 1 aliphatic rings. The van der Waals surface area contributed by atoms with Crippen molar-refractivity contribution in [3.63, 3.8) is 0 Å². The van der Waals surface area contributed by atoms with Crippen LogP contribution >= 0.6 is 0 Å². The van der Waals surface area contributed by atoms with Crippen LogP contribution in [0.5, 0.6) is 0 Å². The minimum absolute atomic E-state index is 0.311. The highest BCUT2D eigenvalue weighted by Gasteiger charge is 2.36. The lowest BCUT2D eigenvalue weighted by Crippen LogP contribution is -2.15. The van der Waals surface area contributed by atoms with E-state index < -0.39 is 0 Å². The summed E-state index contributed by atoms with van der Waals surface area (Å²) in [5, 5.41) is 7.29. The number of hydrogen-bond acceptors (Lipinski definition) is 3. The van der Waals surface area contributed by atoms with Gasteiger partial charge in [0.2, 0.25) is 5.95 Å². The van der Waals surface area contributed by atoms with Crippen LogP contribution in [0, 0.1) is 0 Å². The van der Waals surface area contributed by atoms with Crippen molar-refractivity contribution in [1.29, 1.82) is 0 Å². The monoisotopic (exact) mass is 920 g/mol. The van der Waals surface area contributed by atoms with Gasteiger partial charge in [-0.25, -0.2) is 4.98 Å². The molecule has 1 aliphatic carbocycles. The first-order valence-corrected chi connectivity index (χ1v) is 24.7. The molecule has 15 rings (SSSR count). The molecule has 6 heteroatoms. The summed E-state index contributed by atoms with van der Waals surface area (Å²) < 4.78 is 7.02. The highest BCUT2D eigenvalue weighted by atomic mass is 15.2. The molecule has 0 radical (unpaired) electrons. The molecule has 0 aliphatic heterocycles. The maximum Gasteiger partial charge on any atom is 0.238 e. The maximum atomic E-state index is 5.30. The summed E-state index contributed by atoms with van der Waals surface area (Å²) in [6, 6.07) is 83.2. The van der Waals surface area contributed by atoms with E-state index in [4.69, 9.17) is 15.0 Å². The Hall–Kier alpha value is -9.39. The summed E-state index contributed by atoms with van der Waals surface area (Å²) >= 11 is 0. The average molecular weight is 921 g/mol. The van der Waals surface area contributed by atoms with Gasteiger partial charge in [-0.1, -0.05) is 172 Å². The van der Waals surface area contributed by atoms with Gasteiger partial charge in [-0.2, -0.15) is 9.97 Å². The number of nitrogens with zero attached hydrogens (tertiary/aromatic N) is 6. The Bertz CT molecular complexity index is 4480. The standard InChI is InChI=1S/C66H44N6/c1-66(2)55-38-44(64-67-63(41-17-5-3-6-18-41)68-65(69-64)72-59-27-15-10-21-49(59)50-22-11-16-28-60(50)72)30-33-47(55)48-35-32-46(40-56(48)66)71-58-26-14-12-24-52(58)54-37-42(31-36-61(54)71)43-29-34-53-51-23-9-13-25-57(51)70(62(53)39-43)45-19-7-4-8-20-45/h3-40H,1-2H3. The highest BCUT2D eigenvalue weighted by molar-refractivity contribution is 6.13. The van der Waals surface area contributed by atoms with Crippen molar-refractivity contribution in [2.45, 2.75) is 19.3 Å². The second-order valence-corrected chi connectivity index (χ2v) is 19.6. The zero-order valence-electron chi connectivity index (χ0n) is 39.6. The van der Waals surface area contributed by atoms with E-state index in [1.165, 1.54) is 77.0 Å². The highest BCUT2D eigenvalue weighted by Crippen LogP contribution is 2.51. The first-order chi connectivity index (χ1) is 35.5. The van der Waals surface area contributed by atoms with Gasteiger partial charge in [0.25, 0.3) is 0 Å². The molecule has 72 heavy (non-hydrogen) atoms. The van der Waals surface area contributed by atoms with E-state index in [0.29, 0.717) is 17.6 Å². The Labute approximate surface area is 415 Å². The van der Waals surface area contributed by atoms with E-state index in [9.17, 15) is 0 Å². The molecule has 4 heterocycles. The van der Waals surface area contributed by atoms with Gasteiger partial charge in [0.15, 0.2) is 11.6 Å². The topological polar surface area (TPSA) is 53.5 Å². The van der Waals surface area contributed by atoms with Crippen LogP contribution in [0.4, 0.5) is 0 Å². The molecule has 4 aromatic heterocycles. The van der Waals surface area contributed by atoms with Gasteiger partial charge in [-0.3, -0.25) is 4.57 Å². The van der Waals surface area contributed by atoms with Crippen LogP contribution in [0.15, 0.2) is 231 Å². The zero-order chi connectivity index (χ0) is 47.7. The quantitative estimate of drug-likeness (QED) is 0.167. The number of fused-ring (bicyclic) bond motifs is 12. The number of aromatic nitrogens is 6. The van der Waals surface area contributed by atoms with E-state index >= 15 is 0 Å². The number of benzene rings is 10. The lowest BCUT2D eigenvalue weighted by molar-refractivity contribution is 0.660. The van der Waals surface area contributed by atoms with Crippen molar-refractivity contribution in [3.8, 4) is 62.4 Å². The van der Waals surface area contributed by atoms with Gasteiger partial charge in [0, 0.05) is 60.2 Å². The van der Waals surface area contributed by atoms with Crippen molar-refractivity contribution >= 4 is 65.4 Å². The van der Waals surface area contributed by atoms with Gasteiger partial charge in [-0.15, -0.1) is 0 Å². The van der Waals surface area contributed by atoms with E-state index in [1.807, 2.05) is 18.2 Å². The van der Waals surface area contributed by atoms with E-state index in [2.05, 4.69) is 240 Å². The van der Waals surface area contributed by atoms with Crippen molar-refractivity contribution in [2.24, 2.45) is 0 Å². The summed E-state index contributed by atoms with van der Waals surface area (Å²) in [7, 11) is 0. The van der Waals surface area contributed by atoms with Crippen LogP contribution in [0.2, 0.25) is 0 Å². The minimum atomic E-state index is -0.311. The molecule has 0 amide bonds. The molecular formula is C66H44N6. The zero-order valence-corrected chi connectivity index (χ0v) is 39.6. The Balaban J connectivity index is 0.836. The largest absolute Gasteiger partial charge is 0.309 e. The van der Waals surface area contributed by atoms with Crippen molar-refractivity contribution < 1.29 is 0 Å². The number of para-hydroxylation sites is 5. The smallest absolute Gasteiger partial charge is 0.238 e. The summed E-state index contributed by atoms with van der Waals surface area (Å²) in [5.74, 6) is 1.87. The Morgan fingerprint density at radius 2 is 0.750 bits per heavy atom. The van der Waals surface area contributed by atoms with Crippen LogP contribution < -0.4 is 0 Å². The van der Waals surface area contributed by atoms with E-state index in [0.717, 1.165) is 44.3 Å². The molecule has 0 N–H and O–H groups in total. The predicted octanol–water partition coefficient (Wildman–Crippen LogP) is 16.5. The molecule has 6 nitrogen and oxygen atoms in total. The summed E-state index contributed by atoms with van der Waals surface area (Å²) in [6.45, 7) is 4.70. The van der Waals surface area contributed by atoms with Gasteiger partial charge in [0.1, 0.15) is 0 Å². The van der Waals surface area contributed by atoms with Crippen molar-refractivity contribution in [2.75, 3.05) is 0 Å².